The van der Waals surface area contributed by atoms with E-state index < -0.39 is 21.8 Å². The van der Waals surface area contributed by atoms with Crippen LogP contribution < -0.4 is 0 Å². The summed E-state index contributed by atoms with van der Waals surface area (Å²) < 4.78 is 70.9. The molecule has 0 amide bonds. The van der Waals surface area contributed by atoms with Crippen LogP contribution in [0, 0.1) is 11.8 Å². The Morgan fingerprint density at radius 2 is 1.62 bits per heavy atom. The zero-order valence-electron chi connectivity index (χ0n) is 20.0. The maximum absolute atomic E-state index is 12.8. The SMILES string of the molecule is CN(C[C@H]1CC[C@H](COC/C=C/CN2CCCCC2)CC1)S(=O)(=O)c1ccc(C(F)(F)F)cc1. The van der Waals surface area contributed by atoms with E-state index in [0.29, 0.717) is 19.1 Å². The first kappa shape index (κ1) is 27.2. The number of hydrogen-bond donors (Lipinski definition) is 0. The standard InChI is InChI=1S/C25H37F3N2O3S/c1-29(34(31,32)24-13-11-23(12-14-24)25(26,27)28)19-21-7-9-22(10-8-21)20-33-18-6-5-17-30-15-3-2-4-16-30/h5-6,11-14,21-22H,2-4,7-10,15-20H2,1H3/b6-5+/t21-,22-. The molecule has 1 saturated heterocycles. The minimum Gasteiger partial charge on any atom is -0.377 e. The zero-order chi connectivity index (χ0) is 24.6. The number of likely N-dealkylation sites (tertiary alicyclic amines) is 1. The molecule has 0 unspecified atom stereocenters. The molecule has 0 aromatic heterocycles. The summed E-state index contributed by atoms with van der Waals surface area (Å²) in [6.07, 6.45) is 7.57. The number of sulfonamides is 1. The van der Waals surface area contributed by atoms with Crippen LogP contribution in [0.15, 0.2) is 41.3 Å². The molecule has 1 aliphatic heterocycles. The van der Waals surface area contributed by atoms with Gasteiger partial charge in [0.05, 0.1) is 17.1 Å². The van der Waals surface area contributed by atoms with Crippen LogP contribution in [-0.4, -0.2) is 64.1 Å². The molecule has 2 fully saturated rings. The number of ether oxygens (including phenoxy) is 1. The Morgan fingerprint density at radius 3 is 2.24 bits per heavy atom. The lowest BCUT2D eigenvalue weighted by Gasteiger charge is -2.31. The minimum absolute atomic E-state index is 0.113. The first-order chi connectivity index (χ1) is 16.2. The Bertz CT molecular complexity index is 874. The molecule has 2 aliphatic rings. The summed E-state index contributed by atoms with van der Waals surface area (Å²) >= 11 is 0. The predicted octanol–water partition coefficient (Wildman–Crippen LogP) is 5.19. The van der Waals surface area contributed by atoms with Crippen LogP contribution in [0.3, 0.4) is 0 Å². The molecule has 0 radical (unpaired) electrons. The summed E-state index contributed by atoms with van der Waals surface area (Å²) in [6.45, 7) is 5.10. The van der Waals surface area contributed by atoms with Gasteiger partial charge in [0.25, 0.3) is 0 Å². The molecule has 192 valence electrons. The zero-order valence-corrected chi connectivity index (χ0v) is 20.8. The molecule has 1 aromatic rings. The Morgan fingerprint density at radius 1 is 1.00 bits per heavy atom. The van der Waals surface area contributed by atoms with Gasteiger partial charge in [-0.1, -0.05) is 18.6 Å². The Kier molecular flexibility index (Phi) is 10.0. The van der Waals surface area contributed by atoms with Crippen molar-refractivity contribution in [3.8, 4) is 0 Å². The van der Waals surface area contributed by atoms with Crippen molar-refractivity contribution in [3.63, 3.8) is 0 Å². The lowest BCUT2D eigenvalue weighted by atomic mass is 9.82. The van der Waals surface area contributed by atoms with E-state index in [0.717, 1.165) is 63.1 Å². The lowest BCUT2D eigenvalue weighted by Crippen LogP contribution is -2.34. The third kappa shape index (κ3) is 8.07. The fraction of sp³-hybridized carbons (Fsp3) is 0.680. The second-order valence-electron chi connectivity index (χ2n) is 9.56. The van der Waals surface area contributed by atoms with Gasteiger partial charge in [-0.25, -0.2) is 12.7 Å². The number of benzene rings is 1. The van der Waals surface area contributed by atoms with Crippen LogP contribution in [-0.2, 0) is 20.9 Å². The van der Waals surface area contributed by atoms with E-state index in [1.807, 2.05) is 0 Å². The van der Waals surface area contributed by atoms with E-state index in [9.17, 15) is 21.6 Å². The highest BCUT2D eigenvalue weighted by atomic mass is 32.2. The monoisotopic (exact) mass is 502 g/mol. The van der Waals surface area contributed by atoms with Gasteiger partial charge in [0, 0.05) is 26.7 Å². The molecular weight excluding hydrogens is 465 g/mol. The van der Waals surface area contributed by atoms with E-state index >= 15 is 0 Å². The molecule has 3 rings (SSSR count). The molecule has 1 aromatic carbocycles. The minimum atomic E-state index is -4.49. The normalized spacial score (nSPS) is 23.1. The third-order valence-corrected chi connectivity index (χ3v) is 8.76. The third-order valence-electron chi connectivity index (χ3n) is 6.92. The lowest BCUT2D eigenvalue weighted by molar-refractivity contribution is -0.137. The first-order valence-corrected chi connectivity index (χ1v) is 13.7. The van der Waals surface area contributed by atoms with Crippen LogP contribution in [0.25, 0.3) is 0 Å². The molecule has 1 aliphatic carbocycles. The van der Waals surface area contributed by atoms with Crippen molar-refractivity contribution in [2.24, 2.45) is 11.8 Å². The van der Waals surface area contributed by atoms with E-state index in [1.165, 1.54) is 43.7 Å². The fourth-order valence-corrected chi connectivity index (χ4v) is 6.02. The molecule has 0 spiro atoms. The number of halogens is 3. The Labute approximate surface area is 202 Å². The number of rotatable bonds is 10. The van der Waals surface area contributed by atoms with Gasteiger partial charge in [0.1, 0.15) is 0 Å². The van der Waals surface area contributed by atoms with Crippen LogP contribution in [0.2, 0.25) is 0 Å². The highest BCUT2D eigenvalue weighted by Crippen LogP contribution is 2.32. The van der Waals surface area contributed by atoms with Gasteiger partial charge in [0.2, 0.25) is 10.0 Å². The van der Waals surface area contributed by atoms with Crippen molar-refractivity contribution in [1.29, 1.82) is 0 Å². The molecule has 0 N–H and O–H groups in total. The molecule has 34 heavy (non-hydrogen) atoms. The summed E-state index contributed by atoms with van der Waals surface area (Å²) in [7, 11) is -2.32. The highest BCUT2D eigenvalue weighted by Gasteiger charge is 2.32. The quantitative estimate of drug-likeness (QED) is 0.326. The van der Waals surface area contributed by atoms with Crippen molar-refractivity contribution in [3.05, 3.63) is 42.0 Å². The highest BCUT2D eigenvalue weighted by molar-refractivity contribution is 7.89. The molecule has 5 nitrogen and oxygen atoms in total. The maximum atomic E-state index is 12.8. The molecular formula is C25H37F3N2O3S. The predicted molar refractivity (Wildman–Crippen MR) is 127 cm³/mol. The van der Waals surface area contributed by atoms with Crippen LogP contribution in [0.5, 0.6) is 0 Å². The van der Waals surface area contributed by atoms with E-state index in [2.05, 4.69) is 17.1 Å². The van der Waals surface area contributed by atoms with Gasteiger partial charge in [-0.05, 0) is 87.7 Å². The Balaban J connectivity index is 1.35. The largest absolute Gasteiger partial charge is 0.416 e. The molecule has 9 heteroatoms. The number of nitrogens with zero attached hydrogens (tertiary/aromatic N) is 2. The molecule has 0 atom stereocenters. The first-order valence-electron chi connectivity index (χ1n) is 12.2. The molecule has 1 heterocycles. The fourth-order valence-electron chi connectivity index (χ4n) is 4.77. The molecule has 1 saturated carbocycles. The van der Waals surface area contributed by atoms with Crippen LogP contribution in [0.4, 0.5) is 13.2 Å². The Hall–Kier alpha value is -1.42. The van der Waals surface area contributed by atoms with Gasteiger partial charge >= 0.3 is 6.18 Å². The van der Waals surface area contributed by atoms with Crippen LogP contribution >= 0.6 is 0 Å². The van der Waals surface area contributed by atoms with E-state index in [1.54, 1.807) is 0 Å². The average Bonchev–Trinajstić information content (AvgIpc) is 2.82. The van der Waals surface area contributed by atoms with Crippen molar-refractivity contribution >= 4 is 10.0 Å². The van der Waals surface area contributed by atoms with Gasteiger partial charge in [-0.15, -0.1) is 0 Å². The number of piperidine rings is 1. The van der Waals surface area contributed by atoms with E-state index in [4.69, 9.17) is 4.74 Å². The summed E-state index contributed by atoms with van der Waals surface area (Å²) in [5.74, 6) is 0.735. The average molecular weight is 503 g/mol. The topological polar surface area (TPSA) is 49.9 Å². The summed E-state index contributed by atoms with van der Waals surface area (Å²) in [6, 6.07) is 3.69. The van der Waals surface area contributed by atoms with Crippen molar-refractivity contribution in [2.75, 3.05) is 46.4 Å². The van der Waals surface area contributed by atoms with Crippen LogP contribution in [0.1, 0.15) is 50.5 Å². The molecule has 0 bridgehead atoms. The van der Waals surface area contributed by atoms with Gasteiger partial charge in [-0.3, -0.25) is 4.90 Å². The van der Waals surface area contributed by atoms with Crippen molar-refractivity contribution in [1.82, 2.24) is 9.21 Å². The summed E-state index contributed by atoms with van der Waals surface area (Å²) in [5.41, 5.74) is -0.855. The van der Waals surface area contributed by atoms with E-state index in [-0.39, 0.29) is 10.8 Å². The summed E-state index contributed by atoms with van der Waals surface area (Å²) in [4.78, 5) is 2.36. The number of hydrogen-bond acceptors (Lipinski definition) is 4. The number of alkyl halides is 3. The van der Waals surface area contributed by atoms with Gasteiger partial charge < -0.3 is 4.74 Å². The second kappa shape index (κ2) is 12.5. The van der Waals surface area contributed by atoms with Gasteiger partial charge in [-0.2, -0.15) is 13.2 Å². The van der Waals surface area contributed by atoms with Crippen molar-refractivity contribution in [2.45, 2.75) is 56.0 Å². The smallest absolute Gasteiger partial charge is 0.377 e. The van der Waals surface area contributed by atoms with Gasteiger partial charge in [0.15, 0.2) is 0 Å². The van der Waals surface area contributed by atoms with Crippen molar-refractivity contribution < 1.29 is 26.3 Å². The maximum Gasteiger partial charge on any atom is 0.416 e. The summed E-state index contributed by atoms with van der Waals surface area (Å²) in [5, 5.41) is 0. The second-order valence-corrected chi connectivity index (χ2v) is 11.6.